The van der Waals surface area contributed by atoms with Crippen molar-refractivity contribution in [3.63, 3.8) is 0 Å². The van der Waals surface area contributed by atoms with Crippen molar-refractivity contribution in [3.05, 3.63) is 47.8 Å². The first-order chi connectivity index (χ1) is 7.65. The Morgan fingerprint density at radius 2 is 2.12 bits per heavy atom. The van der Waals surface area contributed by atoms with Crippen molar-refractivity contribution < 1.29 is 5.11 Å². The highest BCUT2D eigenvalue weighted by Gasteiger charge is 1.99. The summed E-state index contributed by atoms with van der Waals surface area (Å²) in [5.74, 6) is 0.332. The van der Waals surface area contributed by atoms with E-state index in [1.165, 1.54) is 5.56 Å². The van der Waals surface area contributed by atoms with E-state index in [0.29, 0.717) is 5.75 Å². The zero-order valence-electron chi connectivity index (χ0n) is 9.57. The van der Waals surface area contributed by atoms with Gasteiger partial charge in [0.05, 0.1) is 0 Å². The molecule has 0 aliphatic heterocycles. The minimum Gasteiger partial charge on any atom is -0.508 e. The van der Waals surface area contributed by atoms with Gasteiger partial charge in [0.1, 0.15) is 5.75 Å². The number of nitrogens with zero attached hydrogens (tertiary/aromatic N) is 1. The highest BCUT2D eigenvalue weighted by molar-refractivity contribution is 5.51. The van der Waals surface area contributed by atoms with E-state index in [0.717, 1.165) is 17.8 Å². The van der Waals surface area contributed by atoms with Gasteiger partial charge in [-0.15, -0.1) is 0 Å². The van der Waals surface area contributed by atoms with Crippen LogP contribution in [0.25, 0.3) is 0 Å². The van der Waals surface area contributed by atoms with E-state index in [4.69, 9.17) is 0 Å². The summed E-state index contributed by atoms with van der Waals surface area (Å²) in [6.45, 7) is 2.65. The van der Waals surface area contributed by atoms with Crippen LogP contribution in [-0.4, -0.2) is 9.67 Å². The number of benzene rings is 1. The molecule has 1 aromatic carbocycles. The van der Waals surface area contributed by atoms with Gasteiger partial charge in [0.25, 0.3) is 0 Å². The zero-order chi connectivity index (χ0) is 11.5. The van der Waals surface area contributed by atoms with Crippen LogP contribution in [0.1, 0.15) is 11.1 Å². The first-order valence-corrected chi connectivity index (χ1v) is 5.29. The quantitative estimate of drug-likeness (QED) is 0.827. The molecule has 0 aliphatic rings. The number of hydrogen-bond acceptors (Lipinski definition) is 2. The Morgan fingerprint density at radius 3 is 2.75 bits per heavy atom. The first kappa shape index (κ1) is 10.6. The molecule has 0 aliphatic carbocycles. The molecule has 0 saturated carbocycles. The van der Waals surface area contributed by atoms with Gasteiger partial charge < -0.3 is 15.0 Å². The molecule has 0 amide bonds. The molecule has 0 atom stereocenters. The van der Waals surface area contributed by atoms with Crippen molar-refractivity contribution in [2.24, 2.45) is 7.05 Å². The lowest BCUT2D eigenvalue weighted by atomic mass is 10.2. The maximum absolute atomic E-state index is 9.56. The number of anilines is 1. The predicted molar refractivity (Wildman–Crippen MR) is 65.6 cm³/mol. The number of hydrogen-bond donors (Lipinski definition) is 2. The normalized spacial score (nSPS) is 10.4. The number of phenolic OH excluding ortho intramolecular Hbond substituents is 1. The minimum atomic E-state index is 0.332. The third-order valence-electron chi connectivity index (χ3n) is 2.60. The van der Waals surface area contributed by atoms with E-state index in [1.54, 1.807) is 6.07 Å². The number of aromatic nitrogens is 1. The summed E-state index contributed by atoms with van der Waals surface area (Å²) >= 11 is 0. The molecule has 3 heteroatoms. The van der Waals surface area contributed by atoms with E-state index >= 15 is 0 Å². The van der Waals surface area contributed by atoms with Gasteiger partial charge in [0.15, 0.2) is 0 Å². The molecule has 16 heavy (non-hydrogen) atoms. The molecule has 84 valence electrons. The molecule has 2 N–H and O–H groups in total. The molecule has 0 spiro atoms. The van der Waals surface area contributed by atoms with E-state index in [9.17, 15) is 5.11 Å². The fraction of sp³-hybridized carbons (Fsp3) is 0.231. The Hall–Kier alpha value is -1.90. The molecule has 1 aromatic heterocycles. The summed E-state index contributed by atoms with van der Waals surface area (Å²) in [6.07, 6.45) is 4.09. The van der Waals surface area contributed by atoms with Crippen LogP contribution in [0.4, 0.5) is 5.69 Å². The van der Waals surface area contributed by atoms with Gasteiger partial charge in [0.2, 0.25) is 0 Å². The monoisotopic (exact) mass is 216 g/mol. The van der Waals surface area contributed by atoms with Crippen molar-refractivity contribution >= 4 is 5.69 Å². The van der Waals surface area contributed by atoms with Gasteiger partial charge in [-0.1, -0.05) is 6.07 Å². The number of aryl methyl sites for hydroxylation is 2. The maximum atomic E-state index is 9.56. The summed E-state index contributed by atoms with van der Waals surface area (Å²) < 4.78 is 2.02. The van der Waals surface area contributed by atoms with Crippen LogP contribution in [0.3, 0.4) is 0 Å². The van der Waals surface area contributed by atoms with Crippen molar-refractivity contribution in [1.82, 2.24) is 4.57 Å². The number of nitrogens with one attached hydrogen (secondary N) is 1. The Morgan fingerprint density at radius 1 is 1.31 bits per heavy atom. The second-order valence-electron chi connectivity index (χ2n) is 4.04. The van der Waals surface area contributed by atoms with Crippen molar-refractivity contribution in [1.29, 1.82) is 0 Å². The standard InChI is InChI=1S/C13H16N2O/c1-10-3-4-12(7-13(10)16)14-8-11-5-6-15(2)9-11/h3-7,9,14,16H,8H2,1-2H3. The second-order valence-corrected chi connectivity index (χ2v) is 4.04. The average molecular weight is 216 g/mol. The lowest BCUT2D eigenvalue weighted by molar-refractivity contribution is 0.471. The molecular formula is C13H16N2O. The fourth-order valence-electron chi connectivity index (χ4n) is 1.59. The summed E-state index contributed by atoms with van der Waals surface area (Å²) in [5, 5.41) is 12.8. The summed E-state index contributed by atoms with van der Waals surface area (Å²) in [4.78, 5) is 0. The van der Waals surface area contributed by atoms with E-state index < -0.39 is 0 Å². The van der Waals surface area contributed by atoms with Crippen LogP contribution in [0, 0.1) is 6.92 Å². The predicted octanol–water partition coefficient (Wildman–Crippen LogP) is 2.65. The number of rotatable bonds is 3. The van der Waals surface area contributed by atoms with Gasteiger partial charge in [-0.25, -0.2) is 0 Å². The molecule has 1 heterocycles. The van der Waals surface area contributed by atoms with Crippen LogP contribution in [0.5, 0.6) is 5.75 Å². The van der Waals surface area contributed by atoms with E-state index in [-0.39, 0.29) is 0 Å². The lowest BCUT2D eigenvalue weighted by Crippen LogP contribution is -1.98. The summed E-state index contributed by atoms with van der Waals surface area (Å²) in [5.41, 5.74) is 3.06. The molecule has 0 radical (unpaired) electrons. The van der Waals surface area contributed by atoms with Crippen LogP contribution in [0.2, 0.25) is 0 Å². The van der Waals surface area contributed by atoms with Crippen LogP contribution in [-0.2, 0) is 13.6 Å². The van der Waals surface area contributed by atoms with Gasteiger partial charge in [-0.2, -0.15) is 0 Å². The summed E-state index contributed by atoms with van der Waals surface area (Å²) in [7, 11) is 2.00. The highest BCUT2D eigenvalue weighted by Crippen LogP contribution is 2.21. The van der Waals surface area contributed by atoms with Crippen molar-refractivity contribution in [2.75, 3.05) is 5.32 Å². The second kappa shape index (κ2) is 4.31. The average Bonchev–Trinajstić information content (AvgIpc) is 2.66. The highest BCUT2D eigenvalue weighted by atomic mass is 16.3. The van der Waals surface area contributed by atoms with Gasteiger partial charge in [0, 0.05) is 37.7 Å². The van der Waals surface area contributed by atoms with Crippen molar-refractivity contribution in [2.45, 2.75) is 13.5 Å². The zero-order valence-corrected chi connectivity index (χ0v) is 9.57. The molecule has 0 bridgehead atoms. The molecule has 0 unspecified atom stereocenters. The van der Waals surface area contributed by atoms with Crippen LogP contribution < -0.4 is 5.32 Å². The topological polar surface area (TPSA) is 37.2 Å². The fourth-order valence-corrected chi connectivity index (χ4v) is 1.59. The largest absolute Gasteiger partial charge is 0.508 e. The lowest BCUT2D eigenvalue weighted by Gasteiger charge is -2.06. The van der Waals surface area contributed by atoms with Crippen LogP contribution >= 0.6 is 0 Å². The van der Waals surface area contributed by atoms with Gasteiger partial charge >= 0.3 is 0 Å². The smallest absolute Gasteiger partial charge is 0.120 e. The number of phenols is 1. The third-order valence-corrected chi connectivity index (χ3v) is 2.60. The van der Waals surface area contributed by atoms with E-state index in [2.05, 4.69) is 17.6 Å². The Kier molecular flexibility index (Phi) is 2.86. The van der Waals surface area contributed by atoms with Crippen molar-refractivity contribution in [3.8, 4) is 5.75 Å². The van der Waals surface area contributed by atoms with Gasteiger partial charge in [-0.05, 0) is 30.2 Å². The third kappa shape index (κ3) is 2.37. The van der Waals surface area contributed by atoms with Gasteiger partial charge in [-0.3, -0.25) is 0 Å². The Balaban J connectivity index is 2.02. The maximum Gasteiger partial charge on any atom is 0.120 e. The molecule has 3 nitrogen and oxygen atoms in total. The molecule has 0 fully saturated rings. The Bertz CT molecular complexity index is 488. The molecule has 2 rings (SSSR count). The molecule has 2 aromatic rings. The number of aromatic hydroxyl groups is 1. The molecular weight excluding hydrogens is 200 g/mol. The molecule has 0 saturated heterocycles. The SMILES string of the molecule is Cc1ccc(NCc2ccn(C)c2)cc1O. The van der Waals surface area contributed by atoms with Crippen LogP contribution in [0.15, 0.2) is 36.7 Å². The first-order valence-electron chi connectivity index (χ1n) is 5.29. The summed E-state index contributed by atoms with van der Waals surface area (Å²) in [6, 6.07) is 7.69. The van der Waals surface area contributed by atoms with E-state index in [1.807, 2.05) is 36.9 Å². The minimum absolute atomic E-state index is 0.332. The Labute approximate surface area is 95.3 Å².